The molecule has 1 aliphatic heterocycles. The number of anilines is 1. The molecule has 19 heteroatoms. The summed E-state index contributed by atoms with van der Waals surface area (Å²) in [4.78, 5) is 71.0. The fourth-order valence-corrected chi connectivity index (χ4v) is 9.83. The molecule has 8 rings (SSSR count). The molecule has 2 saturated carbocycles. The number of hydrogen-bond donors (Lipinski definition) is 3. The van der Waals surface area contributed by atoms with E-state index in [1.807, 2.05) is 77.1 Å². The van der Waals surface area contributed by atoms with Crippen LogP contribution in [-0.4, -0.2) is 101 Å². The number of para-hydroxylation sites is 1. The predicted octanol–water partition coefficient (Wildman–Crippen LogP) is 5.62. The second kappa shape index (κ2) is 16.6. The summed E-state index contributed by atoms with van der Waals surface area (Å²) in [5.74, 6) is -2.13. The molecule has 0 spiro atoms. The summed E-state index contributed by atoms with van der Waals surface area (Å²) >= 11 is 1.11. The third-order valence-electron chi connectivity index (χ3n) is 11.3. The van der Waals surface area contributed by atoms with Gasteiger partial charge < -0.3 is 34.2 Å². The number of thiazole rings is 1. The smallest absolute Gasteiger partial charge is 0.357 e. The Morgan fingerprint density at radius 3 is 2.43 bits per heavy atom. The van der Waals surface area contributed by atoms with E-state index >= 15 is 0 Å². The molecule has 1 unspecified atom stereocenters. The zero-order valence-corrected chi connectivity index (χ0v) is 37.3. The molecule has 17 nitrogen and oxygen atoms in total. The third-order valence-corrected chi connectivity index (χ3v) is 13.9. The Labute approximate surface area is 368 Å². The van der Waals surface area contributed by atoms with Crippen LogP contribution in [0.1, 0.15) is 70.8 Å². The van der Waals surface area contributed by atoms with Crippen LogP contribution in [-0.2, 0) is 29.1 Å². The highest BCUT2D eigenvalue weighted by molar-refractivity contribution is 7.91. The van der Waals surface area contributed by atoms with Crippen LogP contribution in [0.5, 0.6) is 11.6 Å². The van der Waals surface area contributed by atoms with Gasteiger partial charge in [0.15, 0.2) is 16.6 Å². The summed E-state index contributed by atoms with van der Waals surface area (Å²) in [5.41, 5.74) is -0.314. The van der Waals surface area contributed by atoms with Gasteiger partial charge in [-0.25, -0.2) is 23.2 Å². The van der Waals surface area contributed by atoms with Crippen molar-refractivity contribution in [3.63, 3.8) is 0 Å². The van der Waals surface area contributed by atoms with E-state index in [1.165, 1.54) is 23.5 Å². The predicted molar refractivity (Wildman–Crippen MR) is 235 cm³/mol. The maximum absolute atomic E-state index is 15.0. The molecule has 332 valence electrons. The molecule has 5 aromatic rings. The number of nitrogens with zero attached hydrogens (tertiary/aromatic N) is 4. The Bertz CT molecular complexity index is 2720. The lowest BCUT2D eigenvalue weighted by Crippen LogP contribution is -2.58. The number of hydrogen-bond acceptors (Lipinski definition) is 15. The summed E-state index contributed by atoms with van der Waals surface area (Å²) < 4.78 is 51.5. The lowest BCUT2D eigenvalue weighted by atomic mass is 9.85. The van der Waals surface area contributed by atoms with Crippen LogP contribution in [0.2, 0.25) is 0 Å². The number of methoxy groups -OCH3 is 1. The van der Waals surface area contributed by atoms with Crippen LogP contribution in [0, 0.1) is 11.3 Å². The fourth-order valence-electron chi connectivity index (χ4n) is 7.76. The monoisotopic (exact) mass is 899 g/mol. The molecular formula is C44H49N7O10S2. The van der Waals surface area contributed by atoms with E-state index in [-0.39, 0.29) is 47.8 Å². The zero-order valence-electron chi connectivity index (χ0n) is 35.7. The van der Waals surface area contributed by atoms with Crippen molar-refractivity contribution in [1.82, 2.24) is 29.9 Å². The van der Waals surface area contributed by atoms with E-state index in [4.69, 9.17) is 28.6 Å². The largest absolute Gasteiger partial charge is 0.491 e. The van der Waals surface area contributed by atoms with E-state index in [9.17, 15) is 27.6 Å². The number of benzene rings is 2. The Morgan fingerprint density at radius 2 is 1.78 bits per heavy atom. The molecular weight excluding hydrogens is 851 g/mol. The number of fused-ring (bicyclic) bond motifs is 3. The van der Waals surface area contributed by atoms with E-state index in [2.05, 4.69) is 26.9 Å². The Kier molecular flexibility index (Phi) is 11.5. The Morgan fingerprint density at radius 1 is 1.05 bits per heavy atom. The van der Waals surface area contributed by atoms with Gasteiger partial charge in [-0.2, -0.15) is 4.98 Å². The van der Waals surface area contributed by atoms with Crippen molar-refractivity contribution in [2.75, 3.05) is 19.0 Å². The first-order valence-electron chi connectivity index (χ1n) is 20.6. The summed E-state index contributed by atoms with van der Waals surface area (Å²) in [6, 6.07) is 12.5. The molecule has 3 fully saturated rings. The molecule has 2 aliphatic carbocycles. The standard InChI is InChI=1S/C44H49N7O10S2/c1-8-25-20-44(25,41(55)50-63(56,57)28-17-18-28)49-37(52)31-19-27(21-51(31)39(53)35(43(4,5)6)47-42-45-30(22-62-42)40(54)58-7)60-38-34-33(29-11-9-10-12-32(29)61-34)46-36(48-38)24-13-15-26(16-14-24)59-23(2)3/h8-16,22-23,25,27-28,31,35H,1,17-21H2,2-7H3,(H,45,47)(H,49,52)(H,50,55)/t25-,27-,31+,35-,44?/m1/s1. The molecule has 63 heavy (non-hydrogen) atoms. The molecule has 3 aliphatic rings. The minimum absolute atomic E-state index is 0.0235. The number of amides is 3. The number of furan rings is 1. The number of nitrogens with one attached hydrogen (secondary N) is 3. The van der Waals surface area contributed by atoms with E-state index in [1.54, 1.807) is 6.07 Å². The van der Waals surface area contributed by atoms with Gasteiger partial charge >= 0.3 is 5.97 Å². The lowest BCUT2D eigenvalue weighted by Gasteiger charge is -2.35. The number of sulfonamides is 1. The maximum Gasteiger partial charge on any atom is 0.357 e. The van der Waals surface area contributed by atoms with Crippen molar-refractivity contribution in [1.29, 1.82) is 0 Å². The van der Waals surface area contributed by atoms with Crippen molar-refractivity contribution in [2.45, 2.75) is 95.4 Å². The first-order valence-corrected chi connectivity index (χ1v) is 23.1. The lowest BCUT2D eigenvalue weighted by molar-refractivity contribution is -0.141. The van der Waals surface area contributed by atoms with Gasteiger partial charge in [0.25, 0.3) is 11.8 Å². The van der Waals surface area contributed by atoms with Gasteiger partial charge in [0.2, 0.25) is 27.4 Å². The van der Waals surface area contributed by atoms with E-state index < -0.39 is 74.0 Å². The third kappa shape index (κ3) is 8.80. The van der Waals surface area contributed by atoms with Crippen molar-refractivity contribution in [3.05, 3.63) is 72.3 Å². The van der Waals surface area contributed by atoms with Gasteiger partial charge in [0.1, 0.15) is 40.6 Å². The minimum atomic E-state index is -3.94. The van der Waals surface area contributed by atoms with Crippen LogP contribution in [0.15, 0.2) is 71.0 Å². The topological polar surface area (TPSA) is 221 Å². The van der Waals surface area contributed by atoms with Crippen LogP contribution < -0.4 is 24.8 Å². The van der Waals surface area contributed by atoms with Gasteiger partial charge in [-0.05, 0) is 74.9 Å². The van der Waals surface area contributed by atoms with Crippen molar-refractivity contribution >= 4 is 72.3 Å². The first kappa shape index (κ1) is 43.6. The summed E-state index contributed by atoms with van der Waals surface area (Å²) in [6.45, 7) is 13.1. The molecule has 1 saturated heterocycles. The zero-order chi connectivity index (χ0) is 45.0. The quantitative estimate of drug-likeness (QED) is 0.0858. The van der Waals surface area contributed by atoms with Gasteiger partial charge in [0.05, 0.1) is 25.0 Å². The summed E-state index contributed by atoms with van der Waals surface area (Å²) in [7, 11) is -2.70. The average molecular weight is 900 g/mol. The summed E-state index contributed by atoms with van der Waals surface area (Å²) in [5, 5.41) is 7.86. The van der Waals surface area contributed by atoms with Gasteiger partial charge in [-0.15, -0.1) is 17.9 Å². The second-order valence-corrected chi connectivity index (χ2v) is 20.3. The van der Waals surface area contributed by atoms with Gasteiger partial charge in [0, 0.05) is 28.7 Å². The number of aromatic nitrogens is 3. The number of carbonyl (C=O) groups is 4. The van der Waals surface area contributed by atoms with Gasteiger partial charge in [-0.1, -0.05) is 39.0 Å². The number of likely N-dealkylation sites (tertiary alicyclic amines) is 1. The maximum atomic E-state index is 15.0. The molecule has 3 amide bonds. The molecule has 3 N–H and O–H groups in total. The highest BCUT2D eigenvalue weighted by Crippen LogP contribution is 2.46. The van der Waals surface area contributed by atoms with Crippen LogP contribution in [0.3, 0.4) is 0 Å². The average Bonchev–Trinajstić information content (AvgIpc) is 4.07. The second-order valence-electron chi connectivity index (χ2n) is 17.5. The first-order chi connectivity index (χ1) is 29.9. The van der Waals surface area contributed by atoms with Crippen LogP contribution in [0.4, 0.5) is 5.13 Å². The van der Waals surface area contributed by atoms with Gasteiger partial charge in [-0.3, -0.25) is 19.1 Å². The minimum Gasteiger partial charge on any atom is -0.491 e. The molecule has 0 bridgehead atoms. The van der Waals surface area contributed by atoms with E-state index in [0.717, 1.165) is 16.7 Å². The van der Waals surface area contributed by atoms with Crippen LogP contribution >= 0.6 is 11.3 Å². The number of esters is 1. The van der Waals surface area contributed by atoms with E-state index in [0.29, 0.717) is 41.1 Å². The Hall–Kier alpha value is -6.08. The Balaban J connectivity index is 1.14. The van der Waals surface area contributed by atoms with Crippen molar-refractivity contribution in [2.24, 2.45) is 11.3 Å². The highest BCUT2D eigenvalue weighted by Gasteiger charge is 2.62. The molecule has 5 atom stereocenters. The molecule has 4 heterocycles. The number of rotatable bonds is 15. The fraction of sp³-hybridized carbons (Fsp3) is 0.432. The normalized spacial score (nSPS) is 21.5. The highest BCUT2D eigenvalue weighted by atomic mass is 32.2. The summed E-state index contributed by atoms with van der Waals surface area (Å²) in [6.07, 6.45) is 1.59. The molecule has 2 aromatic carbocycles. The van der Waals surface area contributed by atoms with Crippen molar-refractivity contribution < 1.29 is 46.2 Å². The van der Waals surface area contributed by atoms with Crippen LogP contribution in [0.25, 0.3) is 33.5 Å². The number of carbonyl (C=O) groups excluding carboxylic acids is 4. The van der Waals surface area contributed by atoms with Crippen molar-refractivity contribution in [3.8, 4) is 23.0 Å². The SMILES string of the molecule is C=C[C@@H]1CC1(NC(=O)[C@@H]1C[C@@H](Oc2nc(-c3ccc(OC(C)C)cc3)nc3c2oc2ccccc23)CN1C(=O)[C@@H](Nc1nc(C(=O)OC)cs1)C(C)(C)C)C(=O)NS(=O)(=O)C1CC1. The number of ether oxygens (including phenoxy) is 3. The molecule has 0 radical (unpaired) electrons. The molecule has 3 aromatic heterocycles.